The summed E-state index contributed by atoms with van der Waals surface area (Å²) in [5.41, 5.74) is 1.80. The van der Waals surface area contributed by atoms with Crippen molar-refractivity contribution in [3.8, 4) is 28.4 Å². The number of hydrogen-bond acceptors (Lipinski definition) is 7. The number of carbonyl (C=O) groups is 1. The molecule has 0 saturated heterocycles. The summed E-state index contributed by atoms with van der Waals surface area (Å²) < 4.78 is 30.8. The van der Waals surface area contributed by atoms with Crippen molar-refractivity contribution >= 4 is 6.29 Å². The highest BCUT2D eigenvalue weighted by Gasteiger charge is 2.19. The van der Waals surface area contributed by atoms with E-state index in [4.69, 9.17) is 13.7 Å². The van der Waals surface area contributed by atoms with Gasteiger partial charge >= 0.3 is 0 Å². The molecule has 4 aromatic rings. The molecule has 0 fully saturated rings. The van der Waals surface area contributed by atoms with Gasteiger partial charge in [-0.15, -0.1) is 0 Å². The van der Waals surface area contributed by atoms with E-state index in [1.807, 2.05) is 45.0 Å². The third-order valence-electron chi connectivity index (χ3n) is 4.92. The summed E-state index contributed by atoms with van der Waals surface area (Å²) in [7, 11) is 0. The molecule has 8 heteroatoms. The van der Waals surface area contributed by atoms with E-state index in [0.717, 1.165) is 5.56 Å². The molecule has 0 saturated carbocycles. The molecule has 0 aliphatic heterocycles. The summed E-state index contributed by atoms with van der Waals surface area (Å²) in [5.74, 6) is 1.69. The first-order valence-corrected chi connectivity index (χ1v) is 10.3. The van der Waals surface area contributed by atoms with Crippen LogP contribution in [0.25, 0.3) is 22.6 Å². The van der Waals surface area contributed by atoms with E-state index in [2.05, 4.69) is 15.1 Å². The fraction of sp³-hybridized carbons (Fsp3) is 0.250. The van der Waals surface area contributed by atoms with E-state index in [0.29, 0.717) is 47.3 Å². The predicted molar refractivity (Wildman–Crippen MR) is 115 cm³/mol. The van der Waals surface area contributed by atoms with E-state index in [-0.39, 0.29) is 11.5 Å². The van der Waals surface area contributed by atoms with Crippen LogP contribution < -0.4 is 4.74 Å². The topological polar surface area (TPSA) is 91.3 Å². The van der Waals surface area contributed by atoms with Gasteiger partial charge in [-0.2, -0.15) is 4.98 Å². The summed E-state index contributed by atoms with van der Waals surface area (Å²) in [5, 5.41) is 4.01. The maximum Gasteiger partial charge on any atom is 0.236 e. The van der Waals surface area contributed by atoms with Crippen molar-refractivity contribution < 1.29 is 22.9 Å². The first-order valence-electron chi connectivity index (χ1n) is 10.3. The van der Waals surface area contributed by atoms with Gasteiger partial charge in [-0.3, -0.25) is 4.79 Å². The number of carbonyl (C=O) groups excluding carboxylic acids is 1. The zero-order chi connectivity index (χ0) is 22.7. The van der Waals surface area contributed by atoms with E-state index in [1.54, 1.807) is 6.07 Å². The van der Waals surface area contributed by atoms with Gasteiger partial charge in [-0.05, 0) is 42.8 Å². The monoisotopic (exact) mass is 435 g/mol. The van der Waals surface area contributed by atoms with Crippen LogP contribution in [0.5, 0.6) is 5.75 Å². The van der Waals surface area contributed by atoms with E-state index >= 15 is 0 Å². The van der Waals surface area contributed by atoms with Crippen LogP contribution in [0.1, 0.15) is 61.4 Å². The largest absolute Gasteiger partial charge is 0.481 e. The van der Waals surface area contributed by atoms with Crippen LogP contribution >= 0.6 is 0 Å². The van der Waals surface area contributed by atoms with Gasteiger partial charge in [-0.1, -0.05) is 32.0 Å². The second kappa shape index (κ2) is 9.13. The predicted octanol–water partition coefficient (Wildman–Crippen LogP) is 6.00. The Kier molecular flexibility index (Phi) is 6.11. The zero-order valence-corrected chi connectivity index (χ0v) is 17.9. The van der Waals surface area contributed by atoms with Gasteiger partial charge in [0, 0.05) is 17.0 Å². The molecule has 0 aliphatic rings. The Hall–Kier alpha value is -3.81. The summed E-state index contributed by atoms with van der Waals surface area (Å²) >= 11 is 0. The molecule has 4 rings (SSSR count). The maximum absolute atomic E-state index is 13.9. The lowest BCUT2D eigenvalue weighted by Crippen LogP contribution is -2.07. The Labute approximate surface area is 184 Å². The average molecular weight is 435 g/mol. The minimum atomic E-state index is -0.604. The Morgan fingerprint density at radius 3 is 2.44 bits per heavy atom. The smallest absolute Gasteiger partial charge is 0.236 e. The fourth-order valence-electron chi connectivity index (χ4n) is 3.09. The van der Waals surface area contributed by atoms with E-state index in [9.17, 15) is 9.18 Å². The minimum absolute atomic E-state index is 0.00284. The van der Waals surface area contributed by atoms with Crippen LogP contribution in [0.2, 0.25) is 0 Å². The van der Waals surface area contributed by atoms with E-state index < -0.39 is 11.9 Å². The molecule has 0 amide bonds. The van der Waals surface area contributed by atoms with Crippen LogP contribution in [0.15, 0.2) is 57.7 Å². The molecular formula is C24H22FN3O4. The van der Waals surface area contributed by atoms with Crippen LogP contribution in [0.4, 0.5) is 4.39 Å². The van der Waals surface area contributed by atoms with Crippen molar-refractivity contribution in [3.63, 3.8) is 0 Å². The van der Waals surface area contributed by atoms with Crippen LogP contribution in [-0.4, -0.2) is 21.4 Å². The number of aldehydes is 1. The number of rotatable bonds is 8. The zero-order valence-electron chi connectivity index (χ0n) is 17.9. The van der Waals surface area contributed by atoms with Crippen molar-refractivity contribution in [1.82, 2.24) is 15.1 Å². The molecule has 164 valence electrons. The van der Waals surface area contributed by atoms with Crippen molar-refractivity contribution in [2.24, 2.45) is 0 Å². The summed E-state index contributed by atoms with van der Waals surface area (Å²) in [4.78, 5) is 19.7. The first kappa shape index (κ1) is 21.4. The highest BCUT2D eigenvalue weighted by Crippen LogP contribution is 2.29. The lowest BCUT2D eigenvalue weighted by Gasteiger charge is -2.14. The number of ether oxygens (including phenoxy) is 1. The second-order valence-corrected chi connectivity index (χ2v) is 7.58. The molecule has 0 N–H and O–H groups in total. The third-order valence-corrected chi connectivity index (χ3v) is 4.92. The third kappa shape index (κ3) is 4.44. The Bertz CT molecular complexity index is 1210. The van der Waals surface area contributed by atoms with Gasteiger partial charge in [0.15, 0.2) is 12.4 Å². The number of halogens is 1. The lowest BCUT2D eigenvalue weighted by molar-refractivity contribution is 0.112. The molecule has 0 bridgehead atoms. The number of hydrogen-bond donors (Lipinski definition) is 0. The molecule has 0 radical (unpaired) electrons. The quantitative estimate of drug-likeness (QED) is 0.314. The van der Waals surface area contributed by atoms with Crippen molar-refractivity contribution in [2.75, 3.05) is 0 Å². The van der Waals surface area contributed by atoms with Gasteiger partial charge < -0.3 is 13.7 Å². The molecule has 32 heavy (non-hydrogen) atoms. The summed E-state index contributed by atoms with van der Waals surface area (Å²) in [6.45, 7) is 5.93. The molecule has 7 nitrogen and oxygen atoms in total. The van der Waals surface area contributed by atoms with Gasteiger partial charge in [0.05, 0.1) is 5.56 Å². The highest BCUT2D eigenvalue weighted by molar-refractivity contribution is 5.76. The molecule has 2 aromatic heterocycles. The first-order chi connectivity index (χ1) is 15.5. The molecule has 0 spiro atoms. The SMILES string of the molecule is CCC(Oc1ccc(-c2noc(C(C)C)n2)cc1)c1nc(-c2ccc(C=O)c(F)c2)co1. The fourth-order valence-corrected chi connectivity index (χ4v) is 3.09. The molecular weight excluding hydrogens is 413 g/mol. The number of aromatic nitrogens is 3. The van der Waals surface area contributed by atoms with Crippen LogP contribution in [-0.2, 0) is 0 Å². The van der Waals surface area contributed by atoms with Gasteiger partial charge in [0.2, 0.25) is 17.6 Å². The molecule has 2 aromatic carbocycles. The molecule has 2 heterocycles. The standard InChI is InChI=1S/C24H22FN3O4/c1-4-21(24-26-20(13-30-24)16-5-6-17(12-29)19(25)11-16)31-18-9-7-15(8-10-18)22-27-23(14(2)3)32-28-22/h5-14,21H,4H2,1-3H3. The summed E-state index contributed by atoms with van der Waals surface area (Å²) in [6, 6.07) is 11.6. The van der Waals surface area contributed by atoms with Gasteiger partial charge in [0.25, 0.3) is 0 Å². The number of oxazole rings is 1. The summed E-state index contributed by atoms with van der Waals surface area (Å²) in [6.07, 6.45) is 2.11. The van der Waals surface area contributed by atoms with Gasteiger partial charge in [0.1, 0.15) is 23.5 Å². The van der Waals surface area contributed by atoms with Gasteiger partial charge in [-0.25, -0.2) is 9.37 Å². The molecule has 0 aliphatic carbocycles. The Balaban J connectivity index is 1.49. The molecule has 1 unspecified atom stereocenters. The minimum Gasteiger partial charge on any atom is -0.481 e. The van der Waals surface area contributed by atoms with Crippen molar-refractivity contribution in [2.45, 2.75) is 39.2 Å². The van der Waals surface area contributed by atoms with Crippen LogP contribution in [0.3, 0.4) is 0 Å². The van der Waals surface area contributed by atoms with Crippen molar-refractivity contribution in [3.05, 3.63) is 71.9 Å². The van der Waals surface area contributed by atoms with Crippen molar-refractivity contribution in [1.29, 1.82) is 0 Å². The van der Waals surface area contributed by atoms with E-state index in [1.165, 1.54) is 18.4 Å². The maximum atomic E-state index is 13.9. The van der Waals surface area contributed by atoms with Crippen LogP contribution in [0, 0.1) is 5.82 Å². The molecule has 1 atom stereocenters. The normalized spacial score (nSPS) is 12.2. The Morgan fingerprint density at radius 2 is 1.81 bits per heavy atom. The number of benzene rings is 2. The second-order valence-electron chi connectivity index (χ2n) is 7.58. The Morgan fingerprint density at radius 1 is 1.06 bits per heavy atom. The average Bonchev–Trinajstić information content (AvgIpc) is 3.48. The lowest BCUT2D eigenvalue weighted by atomic mass is 10.1. The number of nitrogens with zero attached hydrogens (tertiary/aromatic N) is 3. The highest BCUT2D eigenvalue weighted by atomic mass is 19.1.